The van der Waals surface area contributed by atoms with Crippen molar-refractivity contribution in [3.05, 3.63) is 58.7 Å². The third kappa shape index (κ3) is 7.70. The van der Waals surface area contributed by atoms with Gasteiger partial charge in [0.2, 0.25) is 5.91 Å². The van der Waals surface area contributed by atoms with E-state index in [9.17, 15) is 4.79 Å². The average molecular weight is 344 g/mol. The minimum atomic E-state index is -0.182. The lowest BCUT2D eigenvalue weighted by atomic mass is 9.72. The molecule has 0 aromatic heterocycles. The van der Waals surface area contributed by atoms with Gasteiger partial charge in [0.05, 0.1) is 6.61 Å². The van der Waals surface area contributed by atoms with Crippen molar-refractivity contribution in [3.8, 4) is 0 Å². The van der Waals surface area contributed by atoms with E-state index in [0.717, 1.165) is 5.57 Å². The molecular formula is C22H33NO2. The molecule has 0 aromatic rings. The van der Waals surface area contributed by atoms with Crippen molar-refractivity contribution in [2.75, 3.05) is 13.2 Å². The predicted octanol–water partition coefficient (Wildman–Crippen LogP) is 4.63. The molecule has 1 amide bonds. The molecule has 0 heterocycles. The van der Waals surface area contributed by atoms with Gasteiger partial charge in [-0.15, -0.1) is 0 Å². The van der Waals surface area contributed by atoms with Crippen molar-refractivity contribution >= 4 is 5.91 Å². The summed E-state index contributed by atoms with van der Waals surface area (Å²) in [5, 5.41) is 11.3. The molecule has 0 bridgehead atoms. The number of hydrogen-bond donors (Lipinski definition) is 2. The Morgan fingerprint density at radius 3 is 2.60 bits per heavy atom. The molecule has 0 saturated heterocycles. The molecule has 0 atom stereocenters. The zero-order valence-electron chi connectivity index (χ0n) is 16.4. The van der Waals surface area contributed by atoms with Gasteiger partial charge in [-0.2, -0.15) is 0 Å². The SMILES string of the molecule is CC1=C(/C=C/C(C)=C/C=C/C(C)=C\C(=O)NCCO)C(C)(C)CCC1. The topological polar surface area (TPSA) is 49.3 Å². The summed E-state index contributed by atoms with van der Waals surface area (Å²) in [4.78, 5) is 11.5. The van der Waals surface area contributed by atoms with Crippen LogP contribution in [0.15, 0.2) is 58.7 Å². The molecule has 2 N–H and O–H groups in total. The Morgan fingerprint density at radius 1 is 1.24 bits per heavy atom. The number of nitrogens with one attached hydrogen (secondary N) is 1. The van der Waals surface area contributed by atoms with Crippen LogP contribution in [0.5, 0.6) is 0 Å². The Hall–Kier alpha value is -1.87. The fraction of sp³-hybridized carbons (Fsp3) is 0.500. The summed E-state index contributed by atoms with van der Waals surface area (Å²) in [5.74, 6) is -0.182. The maximum Gasteiger partial charge on any atom is 0.244 e. The molecule has 3 nitrogen and oxygen atoms in total. The predicted molar refractivity (Wildman–Crippen MR) is 106 cm³/mol. The van der Waals surface area contributed by atoms with Crippen LogP contribution in [-0.2, 0) is 4.79 Å². The molecule has 0 aliphatic heterocycles. The smallest absolute Gasteiger partial charge is 0.244 e. The van der Waals surface area contributed by atoms with E-state index in [0.29, 0.717) is 0 Å². The number of allylic oxidation sites excluding steroid dienone is 9. The lowest BCUT2D eigenvalue weighted by Gasteiger charge is -2.32. The first-order chi connectivity index (χ1) is 11.8. The molecule has 0 aromatic carbocycles. The summed E-state index contributed by atoms with van der Waals surface area (Å²) in [7, 11) is 0. The maximum absolute atomic E-state index is 11.5. The Kier molecular flexibility index (Phi) is 8.64. The highest BCUT2D eigenvalue weighted by atomic mass is 16.3. The van der Waals surface area contributed by atoms with Gasteiger partial charge in [0, 0.05) is 12.6 Å². The van der Waals surface area contributed by atoms with Crippen LogP contribution in [0.4, 0.5) is 0 Å². The molecule has 0 spiro atoms. The zero-order chi connectivity index (χ0) is 18.9. The minimum absolute atomic E-state index is 0.0462. The molecule has 1 aliphatic carbocycles. The molecule has 0 radical (unpaired) electrons. The van der Waals surface area contributed by atoms with E-state index in [4.69, 9.17) is 5.11 Å². The third-order valence-electron chi connectivity index (χ3n) is 4.54. The van der Waals surface area contributed by atoms with Gasteiger partial charge < -0.3 is 10.4 Å². The molecule has 3 heteroatoms. The maximum atomic E-state index is 11.5. The number of carbonyl (C=O) groups excluding carboxylic acids is 1. The van der Waals surface area contributed by atoms with Crippen molar-refractivity contribution < 1.29 is 9.90 Å². The van der Waals surface area contributed by atoms with Gasteiger partial charge >= 0.3 is 0 Å². The Bertz CT molecular complexity index is 616. The molecule has 1 rings (SSSR count). The van der Waals surface area contributed by atoms with E-state index in [-0.39, 0.29) is 24.5 Å². The molecule has 1 aliphatic rings. The van der Waals surface area contributed by atoms with Crippen LogP contribution in [-0.4, -0.2) is 24.2 Å². The summed E-state index contributed by atoms with van der Waals surface area (Å²) < 4.78 is 0. The van der Waals surface area contributed by atoms with Crippen LogP contribution in [0.2, 0.25) is 0 Å². The van der Waals surface area contributed by atoms with Crippen molar-refractivity contribution in [2.45, 2.75) is 53.9 Å². The number of rotatable bonds is 7. The first-order valence-corrected chi connectivity index (χ1v) is 9.06. The van der Waals surface area contributed by atoms with Crippen molar-refractivity contribution in [1.82, 2.24) is 5.32 Å². The van der Waals surface area contributed by atoms with Gasteiger partial charge in [0.25, 0.3) is 0 Å². The quantitative estimate of drug-likeness (QED) is 0.523. The number of hydrogen-bond acceptors (Lipinski definition) is 2. The van der Waals surface area contributed by atoms with E-state index in [1.165, 1.54) is 42.1 Å². The second kappa shape index (κ2) is 10.2. The van der Waals surface area contributed by atoms with Gasteiger partial charge in [-0.25, -0.2) is 0 Å². The lowest BCUT2D eigenvalue weighted by molar-refractivity contribution is -0.116. The Balaban J connectivity index is 2.69. The summed E-state index contributed by atoms with van der Waals surface area (Å²) in [6.45, 7) is 11.1. The number of aliphatic hydroxyl groups is 1. The fourth-order valence-corrected chi connectivity index (χ4v) is 3.12. The van der Waals surface area contributed by atoms with E-state index in [1.54, 1.807) is 0 Å². The fourth-order valence-electron chi connectivity index (χ4n) is 3.12. The number of carbonyl (C=O) groups is 1. The van der Waals surface area contributed by atoms with Crippen LogP contribution in [0, 0.1) is 5.41 Å². The van der Waals surface area contributed by atoms with Gasteiger partial charge in [0.1, 0.15) is 0 Å². The van der Waals surface area contributed by atoms with E-state index in [1.807, 2.05) is 25.2 Å². The Labute approximate surface area is 152 Å². The van der Waals surface area contributed by atoms with Gasteiger partial charge in [-0.1, -0.05) is 55.4 Å². The van der Waals surface area contributed by atoms with Crippen molar-refractivity contribution in [3.63, 3.8) is 0 Å². The van der Waals surface area contributed by atoms with Crippen LogP contribution >= 0.6 is 0 Å². The second-order valence-corrected chi connectivity index (χ2v) is 7.44. The second-order valence-electron chi connectivity index (χ2n) is 7.44. The molecule has 0 unspecified atom stereocenters. The minimum Gasteiger partial charge on any atom is -0.395 e. The van der Waals surface area contributed by atoms with Crippen LogP contribution in [0.25, 0.3) is 0 Å². The number of amides is 1. The van der Waals surface area contributed by atoms with E-state index < -0.39 is 0 Å². The van der Waals surface area contributed by atoms with Crippen LogP contribution < -0.4 is 5.32 Å². The highest BCUT2D eigenvalue weighted by Gasteiger charge is 2.26. The highest BCUT2D eigenvalue weighted by Crippen LogP contribution is 2.40. The molecule has 0 saturated carbocycles. The van der Waals surface area contributed by atoms with Crippen molar-refractivity contribution in [2.24, 2.45) is 5.41 Å². The van der Waals surface area contributed by atoms with Crippen molar-refractivity contribution in [1.29, 1.82) is 0 Å². The first kappa shape index (κ1) is 21.2. The largest absolute Gasteiger partial charge is 0.395 e. The van der Waals surface area contributed by atoms with Crippen LogP contribution in [0.3, 0.4) is 0 Å². The summed E-state index contributed by atoms with van der Waals surface area (Å²) in [5.41, 5.74) is 5.28. The van der Waals surface area contributed by atoms with E-state index >= 15 is 0 Å². The lowest BCUT2D eigenvalue weighted by Crippen LogP contribution is -2.24. The zero-order valence-corrected chi connectivity index (χ0v) is 16.4. The molecule has 25 heavy (non-hydrogen) atoms. The summed E-state index contributed by atoms with van der Waals surface area (Å²) in [6.07, 6.45) is 15.6. The standard InChI is InChI=1S/C22H33NO2/c1-17(8-6-9-18(2)16-21(25)23-14-15-24)11-12-20-19(3)10-7-13-22(20,4)5/h6,8-9,11-12,16,24H,7,10,13-15H2,1-5H3,(H,23,25)/b9-6+,12-11+,17-8+,18-16-. The molecular weight excluding hydrogens is 310 g/mol. The number of aliphatic hydroxyl groups excluding tert-OH is 1. The van der Waals surface area contributed by atoms with Crippen LogP contribution in [0.1, 0.15) is 53.9 Å². The monoisotopic (exact) mass is 343 g/mol. The molecule has 138 valence electrons. The first-order valence-electron chi connectivity index (χ1n) is 9.06. The van der Waals surface area contributed by atoms with E-state index in [2.05, 4.69) is 45.2 Å². The highest BCUT2D eigenvalue weighted by molar-refractivity contribution is 5.88. The normalized spacial score (nSPS) is 19.1. The van der Waals surface area contributed by atoms with Gasteiger partial charge in [-0.3, -0.25) is 4.79 Å². The average Bonchev–Trinajstić information content (AvgIpc) is 2.51. The summed E-state index contributed by atoms with van der Waals surface area (Å²) in [6, 6.07) is 0. The van der Waals surface area contributed by atoms with Gasteiger partial charge in [-0.05, 0) is 56.6 Å². The summed E-state index contributed by atoms with van der Waals surface area (Å²) >= 11 is 0. The third-order valence-corrected chi connectivity index (χ3v) is 4.54. The molecule has 0 fully saturated rings. The Morgan fingerprint density at radius 2 is 1.96 bits per heavy atom. The van der Waals surface area contributed by atoms with Gasteiger partial charge in [0.15, 0.2) is 0 Å².